The predicted molar refractivity (Wildman–Crippen MR) is 77.2 cm³/mol. The van der Waals surface area contributed by atoms with Crippen LogP contribution in [-0.2, 0) is 0 Å². The fraction of sp³-hybridized carbons (Fsp3) is 0.133. The normalized spacial score (nSPS) is 10.4. The minimum absolute atomic E-state index is 0.749. The maximum atomic E-state index is 5.27. The molecule has 19 heavy (non-hydrogen) atoms. The molecule has 0 aliphatic rings. The van der Waals surface area contributed by atoms with E-state index in [1.54, 1.807) is 20.4 Å². The highest BCUT2D eigenvalue weighted by atomic mass is 16.5. The van der Waals surface area contributed by atoms with Crippen molar-refractivity contribution in [1.82, 2.24) is 0 Å². The van der Waals surface area contributed by atoms with Gasteiger partial charge < -0.3 is 9.47 Å². The van der Waals surface area contributed by atoms with Crippen molar-refractivity contribution in [3.05, 3.63) is 54.1 Å². The van der Waals surface area contributed by atoms with Gasteiger partial charge in [-0.15, -0.1) is 0 Å². The largest absolute Gasteiger partial charge is 0.497 e. The summed E-state index contributed by atoms with van der Waals surface area (Å²) in [5, 5.41) is 4.19. The number of hydrogen-bond donors (Lipinski definition) is 1. The van der Waals surface area contributed by atoms with Crippen molar-refractivity contribution in [2.45, 2.75) is 0 Å². The fourth-order valence-electron chi connectivity index (χ4n) is 1.63. The second-order valence-corrected chi connectivity index (χ2v) is 3.84. The molecule has 2 aromatic rings. The van der Waals surface area contributed by atoms with Crippen molar-refractivity contribution in [3.63, 3.8) is 0 Å². The van der Waals surface area contributed by atoms with Crippen molar-refractivity contribution < 1.29 is 9.47 Å². The van der Waals surface area contributed by atoms with Gasteiger partial charge in [0, 0.05) is 5.56 Å². The summed E-state index contributed by atoms with van der Waals surface area (Å²) in [7, 11) is 3.26. The molecule has 0 heterocycles. The van der Waals surface area contributed by atoms with E-state index >= 15 is 0 Å². The van der Waals surface area contributed by atoms with E-state index in [0.29, 0.717) is 0 Å². The van der Waals surface area contributed by atoms with E-state index in [2.05, 4.69) is 10.5 Å². The summed E-state index contributed by atoms with van der Waals surface area (Å²) in [6.45, 7) is 0. The molecule has 0 saturated carbocycles. The third-order valence-corrected chi connectivity index (χ3v) is 2.61. The van der Waals surface area contributed by atoms with Crippen LogP contribution in [0.2, 0.25) is 0 Å². The average Bonchev–Trinajstić information content (AvgIpc) is 2.48. The first-order valence-electron chi connectivity index (χ1n) is 5.89. The lowest BCUT2D eigenvalue weighted by molar-refractivity contribution is 0.402. The molecule has 0 atom stereocenters. The molecule has 0 aliphatic carbocycles. The molecule has 0 unspecified atom stereocenters. The Bertz CT molecular complexity index is 553. The molecule has 0 spiro atoms. The van der Waals surface area contributed by atoms with Gasteiger partial charge in [-0.25, -0.2) is 0 Å². The van der Waals surface area contributed by atoms with Crippen molar-refractivity contribution in [2.75, 3.05) is 19.6 Å². The lowest BCUT2D eigenvalue weighted by Gasteiger charge is -2.06. The predicted octanol–water partition coefficient (Wildman–Crippen LogP) is 3.15. The summed E-state index contributed by atoms with van der Waals surface area (Å²) in [6.07, 6.45) is 1.70. The number of para-hydroxylation sites is 1. The van der Waals surface area contributed by atoms with Crippen molar-refractivity contribution in [3.8, 4) is 11.5 Å². The first-order chi connectivity index (χ1) is 9.33. The van der Waals surface area contributed by atoms with E-state index in [1.807, 2.05) is 48.5 Å². The Kier molecular flexibility index (Phi) is 4.39. The third kappa shape index (κ3) is 3.48. The fourth-order valence-corrected chi connectivity index (χ4v) is 1.63. The van der Waals surface area contributed by atoms with Crippen LogP contribution in [0.4, 0.5) is 5.69 Å². The van der Waals surface area contributed by atoms with Gasteiger partial charge in [0.15, 0.2) is 0 Å². The number of nitrogens with zero attached hydrogens (tertiary/aromatic N) is 1. The molecule has 1 N–H and O–H groups in total. The SMILES string of the molecule is COc1ccc(OC)c(/C=N\Nc2ccccc2)c1. The van der Waals surface area contributed by atoms with Crippen LogP contribution in [-0.4, -0.2) is 20.4 Å². The molecule has 98 valence electrons. The summed E-state index contributed by atoms with van der Waals surface area (Å²) in [5.41, 5.74) is 4.74. The van der Waals surface area contributed by atoms with Crippen molar-refractivity contribution >= 4 is 11.9 Å². The highest BCUT2D eigenvalue weighted by Gasteiger charge is 2.02. The highest BCUT2D eigenvalue weighted by Crippen LogP contribution is 2.22. The van der Waals surface area contributed by atoms with Crippen LogP contribution < -0.4 is 14.9 Å². The van der Waals surface area contributed by atoms with Crippen molar-refractivity contribution in [1.29, 1.82) is 0 Å². The molecule has 2 rings (SSSR count). The van der Waals surface area contributed by atoms with Gasteiger partial charge in [0.1, 0.15) is 11.5 Å². The number of rotatable bonds is 5. The number of hydrazone groups is 1. The molecule has 0 aromatic heterocycles. The molecule has 4 nitrogen and oxygen atoms in total. The zero-order valence-electron chi connectivity index (χ0n) is 11.0. The number of benzene rings is 2. The minimum atomic E-state index is 0.749. The number of nitrogens with one attached hydrogen (secondary N) is 1. The van der Waals surface area contributed by atoms with Crippen LogP contribution in [0.25, 0.3) is 0 Å². The minimum Gasteiger partial charge on any atom is -0.497 e. The number of methoxy groups -OCH3 is 2. The number of anilines is 1. The van der Waals surface area contributed by atoms with E-state index in [-0.39, 0.29) is 0 Å². The van der Waals surface area contributed by atoms with Gasteiger partial charge in [-0.1, -0.05) is 18.2 Å². The van der Waals surface area contributed by atoms with Gasteiger partial charge in [0.25, 0.3) is 0 Å². The van der Waals surface area contributed by atoms with Gasteiger partial charge in [0.05, 0.1) is 26.1 Å². The zero-order chi connectivity index (χ0) is 13.5. The van der Waals surface area contributed by atoms with E-state index in [0.717, 1.165) is 22.7 Å². The summed E-state index contributed by atoms with van der Waals surface area (Å²) in [5.74, 6) is 1.52. The molecular weight excluding hydrogens is 240 g/mol. The van der Waals surface area contributed by atoms with E-state index in [1.165, 1.54) is 0 Å². The topological polar surface area (TPSA) is 42.9 Å². The van der Waals surface area contributed by atoms with Crippen LogP contribution in [0.5, 0.6) is 11.5 Å². The molecule has 0 fully saturated rings. The molecule has 0 radical (unpaired) electrons. The second kappa shape index (κ2) is 6.44. The highest BCUT2D eigenvalue weighted by molar-refractivity contribution is 5.84. The van der Waals surface area contributed by atoms with Crippen LogP contribution in [0, 0.1) is 0 Å². The van der Waals surface area contributed by atoms with Crippen LogP contribution in [0.1, 0.15) is 5.56 Å². The second-order valence-electron chi connectivity index (χ2n) is 3.84. The maximum Gasteiger partial charge on any atom is 0.127 e. The Morgan fingerprint density at radius 2 is 1.79 bits per heavy atom. The monoisotopic (exact) mass is 256 g/mol. The van der Waals surface area contributed by atoms with Gasteiger partial charge in [-0.2, -0.15) is 5.10 Å². The summed E-state index contributed by atoms with van der Waals surface area (Å²) >= 11 is 0. The van der Waals surface area contributed by atoms with E-state index < -0.39 is 0 Å². The average molecular weight is 256 g/mol. The first-order valence-corrected chi connectivity index (χ1v) is 5.89. The quantitative estimate of drug-likeness (QED) is 0.660. The third-order valence-electron chi connectivity index (χ3n) is 2.61. The zero-order valence-corrected chi connectivity index (χ0v) is 11.0. The Labute approximate surface area is 112 Å². The smallest absolute Gasteiger partial charge is 0.127 e. The van der Waals surface area contributed by atoms with Crippen LogP contribution >= 0.6 is 0 Å². The molecule has 0 amide bonds. The van der Waals surface area contributed by atoms with Gasteiger partial charge in [-0.3, -0.25) is 5.43 Å². The summed E-state index contributed by atoms with van der Waals surface area (Å²) in [6, 6.07) is 15.3. The molecular formula is C15H16N2O2. The summed E-state index contributed by atoms with van der Waals surface area (Å²) < 4.78 is 10.5. The van der Waals surface area contributed by atoms with Gasteiger partial charge >= 0.3 is 0 Å². The Morgan fingerprint density at radius 1 is 1.00 bits per heavy atom. The van der Waals surface area contributed by atoms with Gasteiger partial charge in [0.2, 0.25) is 0 Å². The lowest BCUT2D eigenvalue weighted by atomic mass is 10.2. The number of ether oxygens (including phenoxy) is 2. The van der Waals surface area contributed by atoms with E-state index in [4.69, 9.17) is 9.47 Å². The molecule has 2 aromatic carbocycles. The molecule has 4 heteroatoms. The van der Waals surface area contributed by atoms with Crippen molar-refractivity contribution in [2.24, 2.45) is 5.10 Å². The standard InChI is InChI=1S/C15H16N2O2/c1-18-14-8-9-15(19-2)12(10-14)11-16-17-13-6-4-3-5-7-13/h3-11,17H,1-2H3/b16-11-. The Balaban J connectivity index is 2.13. The van der Waals surface area contributed by atoms with Crippen LogP contribution in [0.15, 0.2) is 53.6 Å². The summed E-state index contributed by atoms with van der Waals surface area (Å²) in [4.78, 5) is 0. The molecule has 0 bridgehead atoms. The first kappa shape index (κ1) is 13.0. The van der Waals surface area contributed by atoms with E-state index in [9.17, 15) is 0 Å². The van der Waals surface area contributed by atoms with Gasteiger partial charge in [-0.05, 0) is 30.3 Å². The Hall–Kier alpha value is -2.49. The number of hydrogen-bond acceptors (Lipinski definition) is 4. The molecule has 0 aliphatic heterocycles. The maximum absolute atomic E-state index is 5.27. The molecule has 0 saturated heterocycles. The lowest BCUT2D eigenvalue weighted by Crippen LogP contribution is -1.95. The van der Waals surface area contributed by atoms with Crippen LogP contribution in [0.3, 0.4) is 0 Å². The Morgan fingerprint density at radius 3 is 2.47 bits per heavy atom.